The first kappa shape index (κ1) is 10.6. The van der Waals surface area contributed by atoms with Crippen LogP contribution in [0.5, 0.6) is 0 Å². The zero-order valence-electron chi connectivity index (χ0n) is 10.1. The molecule has 3 nitrogen and oxygen atoms in total. The summed E-state index contributed by atoms with van der Waals surface area (Å²) in [5.41, 5.74) is 0.262. The summed E-state index contributed by atoms with van der Waals surface area (Å²) in [6.45, 7) is 4.82. The molecule has 90 valence electrons. The summed E-state index contributed by atoms with van der Waals surface area (Å²) in [5, 5.41) is 0. The molecule has 1 aliphatic heterocycles. The van der Waals surface area contributed by atoms with Crippen molar-refractivity contribution in [2.24, 2.45) is 11.3 Å². The zero-order chi connectivity index (χ0) is 11.2. The summed E-state index contributed by atoms with van der Waals surface area (Å²) in [6.07, 6.45) is 5.49. The Morgan fingerprint density at radius 1 is 1.50 bits per heavy atom. The Labute approximate surface area is 97.1 Å². The summed E-state index contributed by atoms with van der Waals surface area (Å²) >= 11 is 0. The SMILES string of the molecule is CCCN(C(=O)CC12COCC1C2)C1CC1. The summed E-state index contributed by atoms with van der Waals surface area (Å²) in [4.78, 5) is 14.4. The van der Waals surface area contributed by atoms with Gasteiger partial charge < -0.3 is 9.64 Å². The number of carbonyl (C=O) groups excluding carboxylic acids is 1. The van der Waals surface area contributed by atoms with Crippen LogP contribution in [0, 0.1) is 11.3 Å². The van der Waals surface area contributed by atoms with Crippen LogP contribution in [0.4, 0.5) is 0 Å². The predicted molar refractivity (Wildman–Crippen MR) is 61.0 cm³/mol. The van der Waals surface area contributed by atoms with E-state index in [1.807, 2.05) is 0 Å². The van der Waals surface area contributed by atoms with Crippen molar-refractivity contribution < 1.29 is 9.53 Å². The first-order valence-corrected chi connectivity index (χ1v) is 6.62. The summed E-state index contributed by atoms with van der Waals surface area (Å²) in [5.74, 6) is 1.08. The first-order chi connectivity index (χ1) is 7.75. The molecule has 1 amide bonds. The molecule has 2 saturated carbocycles. The van der Waals surface area contributed by atoms with Crippen LogP contribution in [0.15, 0.2) is 0 Å². The Kier molecular flexibility index (Phi) is 2.46. The highest BCUT2D eigenvalue weighted by Gasteiger charge is 2.59. The molecule has 1 saturated heterocycles. The van der Waals surface area contributed by atoms with Crippen molar-refractivity contribution in [2.45, 2.75) is 45.1 Å². The normalized spacial score (nSPS) is 35.9. The largest absolute Gasteiger partial charge is 0.381 e. The molecule has 0 aromatic carbocycles. The van der Waals surface area contributed by atoms with Crippen molar-refractivity contribution in [3.8, 4) is 0 Å². The van der Waals surface area contributed by atoms with Crippen LogP contribution in [-0.4, -0.2) is 36.6 Å². The van der Waals surface area contributed by atoms with Gasteiger partial charge in [0, 0.05) is 24.4 Å². The van der Waals surface area contributed by atoms with Crippen LogP contribution in [0.1, 0.15) is 39.0 Å². The van der Waals surface area contributed by atoms with E-state index in [1.54, 1.807) is 0 Å². The molecule has 0 spiro atoms. The smallest absolute Gasteiger partial charge is 0.223 e. The van der Waals surface area contributed by atoms with Gasteiger partial charge >= 0.3 is 0 Å². The van der Waals surface area contributed by atoms with Crippen LogP contribution >= 0.6 is 0 Å². The van der Waals surface area contributed by atoms with Crippen molar-refractivity contribution in [1.29, 1.82) is 0 Å². The van der Waals surface area contributed by atoms with E-state index in [9.17, 15) is 4.79 Å². The molecule has 1 heterocycles. The van der Waals surface area contributed by atoms with E-state index in [1.165, 1.54) is 19.3 Å². The second-order valence-corrected chi connectivity index (χ2v) is 5.77. The lowest BCUT2D eigenvalue weighted by atomic mass is 10.0. The molecule has 3 aliphatic rings. The fourth-order valence-electron chi connectivity index (χ4n) is 3.06. The van der Waals surface area contributed by atoms with Crippen molar-refractivity contribution in [1.82, 2.24) is 4.90 Å². The van der Waals surface area contributed by atoms with Crippen molar-refractivity contribution in [3.05, 3.63) is 0 Å². The minimum Gasteiger partial charge on any atom is -0.381 e. The van der Waals surface area contributed by atoms with Crippen molar-refractivity contribution >= 4 is 5.91 Å². The quantitative estimate of drug-likeness (QED) is 0.711. The maximum Gasteiger partial charge on any atom is 0.223 e. The molecule has 2 atom stereocenters. The molecule has 0 bridgehead atoms. The van der Waals surface area contributed by atoms with Crippen molar-refractivity contribution in [2.75, 3.05) is 19.8 Å². The van der Waals surface area contributed by atoms with Crippen LogP contribution in [0.2, 0.25) is 0 Å². The van der Waals surface area contributed by atoms with Crippen LogP contribution in [-0.2, 0) is 9.53 Å². The molecule has 3 rings (SSSR count). The second-order valence-electron chi connectivity index (χ2n) is 5.77. The molecule has 0 aromatic heterocycles. The van der Waals surface area contributed by atoms with E-state index in [0.717, 1.165) is 32.6 Å². The van der Waals surface area contributed by atoms with E-state index in [-0.39, 0.29) is 5.41 Å². The molecular formula is C13H21NO2. The first-order valence-electron chi connectivity index (χ1n) is 6.62. The van der Waals surface area contributed by atoms with E-state index >= 15 is 0 Å². The van der Waals surface area contributed by atoms with Crippen LogP contribution in [0.3, 0.4) is 0 Å². The minimum atomic E-state index is 0.262. The average Bonchev–Trinajstić information content (AvgIpc) is 3.16. The maximum absolute atomic E-state index is 12.3. The summed E-state index contributed by atoms with van der Waals surface area (Å²) in [7, 11) is 0. The molecule has 0 N–H and O–H groups in total. The van der Waals surface area contributed by atoms with Gasteiger partial charge in [-0.05, 0) is 31.6 Å². The third-order valence-corrected chi connectivity index (χ3v) is 4.34. The maximum atomic E-state index is 12.3. The van der Waals surface area contributed by atoms with Crippen molar-refractivity contribution in [3.63, 3.8) is 0 Å². The van der Waals surface area contributed by atoms with Gasteiger partial charge in [-0.3, -0.25) is 4.79 Å². The second kappa shape index (κ2) is 3.73. The van der Waals surface area contributed by atoms with Gasteiger partial charge in [0.1, 0.15) is 0 Å². The number of amides is 1. The lowest BCUT2D eigenvalue weighted by Gasteiger charge is -2.23. The molecular weight excluding hydrogens is 202 g/mol. The highest BCUT2D eigenvalue weighted by molar-refractivity contribution is 5.78. The highest BCUT2D eigenvalue weighted by atomic mass is 16.5. The van der Waals surface area contributed by atoms with Crippen LogP contribution in [0.25, 0.3) is 0 Å². The Morgan fingerprint density at radius 2 is 2.31 bits per heavy atom. The Bertz CT molecular complexity index is 300. The number of fused-ring (bicyclic) bond motifs is 1. The van der Waals surface area contributed by atoms with Gasteiger partial charge in [-0.15, -0.1) is 0 Å². The Morgan fingerprint density at radius 3 is 2.81 bits per heavy atom. The zero-order valence-corrected chi connectivity index (χ0v) is 10.1. The van der Waals surface area contributed by atoms with E-state index in [4.69, 9.17) is 4.74 Å². The molecule has 0 radical (unpaired) electrons. The Hall–Kier alpha value is -0.570. The molecule has 0 aromatic rings. The average molecular weight is 223 g/mol. The number of ether oxygens (including phenoxy) is 1. The molecule has 16 heavy (non-hydrogen) atoms. The van der Waals surface area contributed by atoms with Crippen LogP contribution < -0.4 is 0 Å². The standard InChI is InChI=1S/C13H21NO2/c1-2-5-14(11-3-4-11)12(15)7-13-6-10(13)8-16-9-13/h10-11H,2-9H2,1H3. The molecule has 3 heteroatoms. The molecule has 2 unspecified atom stereocenters. The molecule has 2 aliphatic carbocycles. The van der Waals surface area contributed by atoms with Gasteiger partial charge in [0.25, 0.3) is 0 Å². The summed E-state index contributed by atoms with van der Waals surface area (Å²) in [6, 6.07) is 0.573. The lowest BCUT2D eigenvalue weighted by Crippen LogP contribution is -2.35. The van der Waals surface area contributed by atoms with Gasteiger partial charge in [-0.1, -0.05) is 6.92 Å². The number of rotatable bonds is 5. The monoisotopic (exact) mass is 223 g/mol. The topological polar surface area (TPSA) is 29.5 Å². The van der Waals surface area contributed by atoms with E-state index in [2.05, 4.69) is 11.8 Å². The molecule has 3 fully saturated rings. The third kappa shape index (κ3) is 1.75. The Balaban J connectivity index is 1.59. The minimum absolute atomic E-state index is 0.262. The number of carbonyl (C=O) groups is 1. The summed E-state index contributed by atoms with van der Waals surface area (Å²) < 4.78 is 5.46. The fraction of sp³-hybridized carbons (Fsp3) is 0.923. The fourth-order valence-corrected chi connectivity index (χ4v) is 3.06. The van der Waals surface area contributed by atoms with Gasteiger partial charge in [0.15, 0.2) is 0 Å². The van der Waals surface area contributed by atoms with Gasteiger partial charge in [0.05, 0.1) is 13.2 Å². The van der Waals surface area contributed by atoms with E-state index < -0.39 is 0 Å². The number of nitrogens with zero attached hydrogens (tertiary/aromatic N) is 1. The third-order valence-electron chi connectivity index (χ3n) is 4.34. The number of hydrogen-bond donors (Lipinski definition) is 0. The van der Waals surface area contributed by atoms with Gasteiger partial charge in [-0.2, -0.15) is 0 Å². The van der Waals surface area contributed by atoms with E-state index in [0.29, 0.717) is 17.9 Å². The lowest BCUT2D eigenvalue weighted by molar-refractivity contribution is -0.133. The number of hydrogen-bond acceptors (Lipinski definition) is 2. The predicted octanol–water partition coefficient (Wildman–Crippen LogP) is 1.81. The van der Waals surface area contributed by atoms with Gasteiger partial charge in [-0.25, -0.2) is 0 Å². The van der Waals surface area contributed by atoms with Gasteiger partial charge in [0.2, 0.25) is 5.91 Å². The highest BCUT2D eigenvalue weighted by Crippen LogP contribution is 2.59.